The minimum atomic E-state index is -3.96. The molecule has 7 nitrogen and oxygen atoms in total. The molecular weight excluding hydrogens is 440 g/mol. The van der Waals surface area contributed by atoms with Crippen molar-refractivity contribution in [3.63, 3.8) is 0 Å². The van der Waals surface area contributed by atoms with E-state index in [4.69, 9.17) is 0 Å². The van der Waals surface area contributed by atoms with E-state index in [1.165, 1.54) is 14.0 Å². The highest BCUT2D eigenvalue weighted by atomic mass is 32.2. The molecule has 1 aliphatic carbocycles. The van der Waals surface area contributed by atoms with Gasteiger partial charge in [-0.2, -0.15) is 8.42 Å². The highest BCUT2D eigenvalue weighted by molar-refractivity contribution is 7.94. The maximum atomic E-state index is 13.4. The Labute approximate surface area is 185 Å². The molecule has 1 fully saturated rings. The topological polar surface area (TPSA) is 90.8 Å². The number of rotatable bonds is 7. The fourth-order valence-corrected chi connectivity index (χ4v) is 5.24. The Morgan fingerprint density at radius 1 is 1.31 bits per heavy atom. The largest absolute Gasteiger partial charge is 0.386 e. The van der Waals surface area contributed by atoms with E-state index >= 15 is 0 Å². The van der Waals surface area contributed by atoms with Crippen LogP contribution in [0.4, 0.5) is 20.3 Å². The first-order valence-electron chi connectivity index (χ1n) is 10.4. The van der Waals surface area contributed by atoms with Crippen LogP contribution in [0.15, 0.2) is 30.3 Å². The number of alkyl halides is 2. The summed E-state index contributed by atoms with van der Waals surface area (Å²) in [7, 11) is -2.60. The molecular formula is C22H25F2N3O4S. The highest BCUT2D eigenvalue weighted by Crippen LogP contribution is 2.51. The van der Waals surface area contributed by atoms with Gasteiger partial charge < -0.3 is 5.11 Å². The van der Waals surface area contributed by atoms with E-state index in [-0.39, 0.29) is 36.7 Å². The first kappa shape index (κ1) is 22.6. The van der Waals surface area contributed by atoms with Crippen molar-refractivity contribution in [1.29, 1.82) is 0 Å². The second kappa shape index (κ2) is 7.77. The number of anilines is 2. The van der Waals surface area contributed by atoms with Crippen molar-refractivity contribution in [2.24, 2.45) is 5.92 Å². The second-order valence-electron chi connectivity index (χ2n) is 8.50. The number of fused-ring (bicyclic) bond motifs is 1. The fourth-order valence-electron chi connectivity index (χ4n) is 3.84. The molecule has 0 radical (unpaired) electrons. The minimum absolute atomic E-state index is 0.195. The summed E-state index contributed by atoms with van der Waals surface area (Å²) in [6.07, 6.45) is -0.652. The number of benzene rings is 1. The number of Topliss-reactive ketones (excluding diaryl/α,β-unsaturated/α-hetero) is 1. The molecule has 32 heavy (non-hydrogen) atoms. The normalized spacial score (nSPS) is 21.4. The van der Waals surface area contributed by atoms with Gasteiger partial charge in [0.25, 0.3) is 5.92 Å². The van der Waals surface area contributed by atoms with E-state index in [2.05, 4.69) is 4.98 Å². The van der Waals surface area contributed by atoms with Gasteiger partial charge in [0.05, 0.1) is 11.4 Å². The number of nitrogens with zero attached hydrogens (tertiary/aromatic N) is 3. The van der Waals surface area contributed by atoms with Gasteiger partial charge in [-0.15, -0.1) is 0 Å². The third kappa shape index (κ3) is 3.97. The van der Waals surface area contributed by atoms with E-state index in [9.17, 15) is 27.1 Å². The Bertz CT molecular complexity index is 1180. The number of carbonyl (C=O) groups is 1. The smallest absolute Gasteiger partial charge is 0.327 e. The molecule has 1 N–H and O–H groups in total. The molecule has 0 bridgehead atoms. The van der Waals surface area contributed by atoms with Gasteiger partial charge in [-0.05, 0) is 49.6 Å². The third-order valence-corrected chi connectivity index (χ3v) is 7.86. The lowest BCUT2D eigenvalue weighted by Gasteiger charge is -2.18. The average Bonchev–Trinajstić information content (AvgIpc) is 3.30. The number of pyridine rings is 1. The van der Waals surface area contributed by atoms with Crippen molar-refractivity contribution in [2.75, 3.05) is 22.2 Å². The Balaban J connectivity index is 1.64. The van der Waals surface area contributed by atoms with E-state index in [1.54, 1.807) is 12.1 Å². The first-order chi connectivity index (χ1) is 14.9. The lowest BCUT2D eigenvalue weighted by molar-refractivity contribution is -0.126. The molecule has 2 atom stereocenters. The third-order valence-electron chi connectivity index (χ3n) is 6.09. The standard InChI is InChI=1S/C22H25F2N3O4S/c1-13-4-5-15(6-9-20(29)14(2)28)10-17(13)18-7-8-19-21(25-18)26(3)32(30,31)27(19)12-16-11-22(16,23)24/h4-5,7-8,10,14,16,28H,6,9,11-12H2,1-3H3/t14-,16?/m1/s1. The Kier molecular flexibility index (Phi) is 5.49. The van der Waals surface area contributed by atoms with Gasteiger partial charge in [-0.3, -0.25) is 4.79 Å². The molecule has 1 aromatic carbocycles. The van der Waals surface area contributed by atoms with E-state index in [1.807, 2.05) is 25.1 Å². The predicted molar refractivity (Wildman–Crippen MR) is 117 cm³/mol. The van der Waals surface area contributed by atoms with Gasteiger partial charge in [0.1, 0.15) is 6.10 Å². The molecule has 1 aromatic heterocycles. The van der Waals surface area contributed by atoms with E-state index in [0.29, 0.717) is 12.1 Å². The SMILES string of the molecule is Cc1ccc(CCC(=O)[C@@H](C)O)cc1-c1ccc2c(n1)N(C)S(=O)(=O)N2CC1CC1(F)F. The van der Waals surface area contributed by atoms with Gasteiger partial charge in [0, 0.05) is 37.9 Å². The van der Waals surface area contributed by atoms with Gasteiger partial charge in [-0.1, -0.05) is 12.1 Å². The number of ketones is 1. The zero-order valence-electron chi connectivity index (χ0n) is 18.0. The van der Waals surface area contributed by atoms with Crippen LogP contribution < -0.4 is 8.61 Å². The van der Waals surface area contributed by atoms with Gasteiger partial charge in [0.15, 0.2) is 11.6 Å². The Hall–Kier alpha value is -2.59. The quantitative estimate of drug-likeness (QED) is 0.679. The zero-order chi connectivity index (χ0) is 23.4. The van der Waals surface area contributed by atoms with Crippen LogP contribution in [-0.4, -0.2) is 49.9 Å². The average molecular weight is 466 g/mol. The van der Waals surface area contributed by atoms with Crippen LogP contribution in [0.1, 0.15) is 30.9 Å². The molecule has 0 spiro atoms. The molecule has 2 heterocycles. The summed E-state index contributed by atoms with van der Waals surface area (Å²) in [5, 5.41) is 9.38. The van der Waals surface area contributed by atoms with Crippen LogP contribution in [0.2, 0.25) is 0 Å². The van der Waals surface area contributed by atoms with Crippen LogP contribution in [0.5, 0.6) is 0 Å². The van der Waals surface area contributed by atoms with Gasteiger partial charge >= 0.3 is 10.2 Å². The molecule has 2 aliphatic rings. The molecule has 0 amide bonds. The van der Waals surface area contributed by atoms with Crippen LogP contribution in [0.25, 0.3) is 11.3 Å². The van der Waals surface area contributed by atoms with Crippen molar-refractivity contribution < 1.29 is 27.1 Å². The van der Waals surface area contributed by atoms with Crippen molar-refractivity contribution in [3.8, 4) is 11.3 Å². The van der Waals surface area contributed by atoms with Crippen molar-refractivity contribution >= 4 is 27.5 Å². The summed E-state index contributed by atoms with van der Waals surface area (Å²) in [6, 6.07) is 8.97. The van der Waals surface area contributed by atoms with Gasteiger partial charge in [0.2, 0.25) is 0 Å². The number of hydrogen-bond donors (Lipinski definition) is 1. The molecule has 4 rings (SSSR count). The molecule has 1 saturated carbocycles. The molecule has 172 valence electrons. The molecule has 2 aromatic rings. The molecule has 0 saturated heterocycles. The van der Waals surface area contributed by atoms with Crippen molar-refractivity contribution in [1.82, 2.24) is 4.98 Å². The van der Waals surface area contributed by atoms with Crippen molar-refractivity contribution in [3.05, 3.63) is 41.5 Å². The fraction of sp³-hybridized carbons (Fsp3) is 0.455. The Morgan fingerprint density at radius 3 is 2.62 bits per heavy atom. The van der Waals surface area contributed by atoms with Gasteiger partial charge in [-0.25, -0.2) is 22.4 Å². The first-order valence-corrected chi connectivity index (χ1v) is 11.8. The number of aliphatic hydroxyl groups is 1. The molecule has 1 aliphatic heterocycles. The Morgan fingerprint density at radius 2 is 2.00 bits per heavy atom. The van der Waals surface area contributed by atoms with Crippen LogP contribution in [0.3, 0.4) is 0 Å². The maximum absolute atomic E-state index is 13.4. The number of aromatic nitrogens is 1. The van der Waals surface area contributed by atoms with Crippen LogP contribution >= 0.6 is 0 Å². The summed E-state index contributed by atoms with van der Waals surface area (Å²) < 4.78 is 54.5. The lowest BCUT2D eigenvalue weighted by Crippen LogP contribution is -2.37. The van der Waals surface area contributed by atoms with Crippen molar-refractivity contribution in [2.45, 2.75) is 45.1 Å². The number of aliphatic hydroxyl groups excluding tert-OH is 1. The number of hydrogen-bond acceptors (Lipinski definition) is 5. The van der Waals surface area contributed by atoms with Crippen LogP contribution in [-0.2, 0) is 21.4 Å². The monoisotopic (exact) mass is 465 g/mol. The summed E-state index contributed by atoms with van der Waals surface area (Å²) in [5.41, 5.74) is 3.43. The maximum Gasteiger partial charge on any atom is 0.327 e. The summed E-state index contributed by atoms with van der Waals surface area (Å²) in [4.78, 5) is 16.3. The second-order valence-corrected chi connectivity index (χ2v) is 10.4. The number of carbonyl (C=O) groups excluding carboxylic acids is 1. The number of aryl methyl sites for hydroxylation is 2. The summed E-state index contributed by atoms with van der Waals surface area (Å²) >= 11 is 0. The minimum Gasteiger partial charge on any atom is -0.386 e. The zero-order valence-corrected chi connectivity index (χ0v) is 18.9. The summed E-state index contributed by atoms with van der Waals surface area (Å²) in [6.45, 7) is 3.06. The summed E-state index contributed by atoms with van der Waals surface area (Å²) in [5.74, 6) is -3.85. The molecule has 1 unspecified atom stereocenters. The predicted octanol–water partition coefficient (Wildman–Crippen LogP) is 3.10. The molecule has 10 heteroatoms. The van der Waals surface area contributed by atoms with Crippen LogP contribution in [0, 0.1) is 12.8 Å². The van der Waals surface area contributed by atoms with E-state index in [0.717, 1.165) is 25.3 Å². The van der Waals surface area contributed by atoms with E-state index < -0.39 is 28.2 Å². The number of halogens is 2. The lowest BCUT2D eigenvalue weighted by atomic mass is 9.98. The highest BCUT2D eigenvalue weighted by Gasteiger charge is 2.59.